The van der Waals surface area contributed by atoms with E-state index in [-0.39, 0.29) is 18.2 Å². The van der Waals surface area contributed by atoms with Crippen LogP contribution >= 0.6 is 0 Å². The van der Waals surface area contributed by atoms with Gasteiger partial charge in [-0.05, 0) is 18.6 Å². The molecule has 0 fully saturated rings. The molecular formula is C17H22N4O4. The van der Waals surface area contributed by atoms with Gasteiger partial charge in [0, 0.05) is 38.5 Å². The third kappa shape index (κ3) is 4.72. The van der Waals surface area contributed by atoms with E-state index in [1.165, 1.54) is 17.7 Å². The van der Waals surface area contributed by atoms with Gasteiger partial charge >= 0.3 is 11.7 Å². The van der Waals surface area contributed by atoms with Gasteiger partial charge in [0.25, 0.3) is 5.56 Å². The fraction of sp³-hybridized carbons (Fsp3) is 0.353. The highest BCUT2D eigenvalue weighted by molar-refractivity contribution is 5.89. The third-order valence-corrected chi connectivity index (χ3v) is 3.64. The van der Waals surface area contributed by atoms with Crippen molar-refractivity contribution in [2.45, 2.75) is 20.0 Å². The zero-order valence-corrected chi connectivity index (χ0v) is 14.5. The van der Waals surface area contributed by atoms with Gasteiger partial charge in [0.05, 0.1) is 5.69 Å². The first-order valence-corrected chi connectivity index (χ1v) is 7.96. The van der Waals surface area contributed by atoms with Crippen molar-refractivity contribution < 1.29 is 9.53 Å². The Morgan fingerprint density at radius 3 is 2.64 bits per heavy atom. The normalized spacial score (nSPS) is 10.4. The Labute approximate surface area is 145 Å². The van der Waals surface area contributed by atoms with Crippen LogP contribution in [0.2, 0.25) is 0 Å². The molecule has 0 aliphatic heterocycles. The number of nitrogens with one attached hydrogen (secondary N) is 2. The van der Waals surface area contributed by atoms with E-state index in [1.54, 1.807) is 31.3 Å². The number of carbonyl (C=O) groups is 1. The zero-order valence-electron chi connectivity index (χ0n) is 14.5. The van der Waals surface area contributed by atoms with Gasteiger partial charge in [-0.25, -0.2) is 9.59 Å². The second-order valence-electron chi connectivity index (χ2n) is 5.57. The molecule has 0 saturated carbocycles. The quantitative estimate of drug-likeness (QED) is 0.822. The number of hydrogen-bond donors (Lipinski definition) is 2. The summed E-state index contributed by atoms with van der Waals surface area (Å²) in [6.07, 6.45) is 0.853. The fourth-order valence-electron chi connectivity index (χ4n) is 2.15. The standard InChI is InChI=1S/C17H22N4O4/c1-4-8-18-16(23)19-12-6-5-7-14(9-12)25-11-13-10-15(22)21(3)17(24)20(13)2/h5-7,9-10H,4,8,11H2,1-3H3,(H2,18,19,23). The Morgan fingerprint density at radius 1 is 1.16 bits per heavy atom. The number of hydrogen-bond acceptors (Lipinski definition) is 4. The Hall–Kier alpha value is -3.03. The van der Waals surface area contributed by atoms with Crippen LogP contribution in [-0.2, 0) is 20.7 Å². The summed E-state index contributed by atoms with van der Waals surface area (Å²) in [5, 5.41) is 5.43. The van der Waals surface area contributed by atoms with E-state index in [4.69, 9.17) is 4.74 Å². The van der Waals surface area contributed by atoms with Crippen molar-refractivity contribution in [1.82, 2.24) is 14.5 Å². The van der Waals surface area contributed by atoms with E-state index < -0.39 is 5.69 Å². The van der Waals surface area contributed by atoms with Crippen LogP contribution < -0.4 is 26.6 Å². The van der Waals surface area contributed by atoms with Crippen LogP contribution in [0.15, 0.2) is 39.9 Å². The minimum Gasteiger partial charge on any atom is -0.487 e. The predicted molar refractivity (Wildman–Crippen MR) is 95.0 cm³/mol. The number of anilines is 1. The molecule has 1 heterocycles. The molecule has 0 saturated heterocycles. The van der Waals surface area contributed by atoms with E-state index in [1.807, 2.05) is 6.92 Å². The molecule has 0 bridgehead atoms. The zero-order chi connectivity index (χ0) is 18.4. The lowest BCUT2D eigenvalue weighted by Gasteiger charge is -2.12. The van der Waals surface area contributed by atoms with Crippen molar-refractivity contribution in [2.24, 2.45) is 14.1 Å². The number of benzene rings is 1. The summed E-state index contributed by atoms with van der Waals surface area (Å²) in [6.45, 7) is 2.63. The van der Waals surface area contributed by atoms with Gasteiger partial charge in [0.2, 0.25) is 0 Å². The molecular weight excluding hydrogens is 324 g/mol. The van der Waals surface area contributed by atoms with Gasteiger partial charge in [-0.15, -0.1) is 0 Å². The van der Waals surface area contributed by atoms with Crippen LogP contribution in [-0.4, -0.2) is 21.7 Å². The summed E-state index contributed by atoms with van der Waals surface area (Å²) in [5.41, 5.74) is 0.259. The summed E-state index contributed by atoms with van der Waals surface area (Å²) in [4.78, 5) is 35.3. The highest BCUT2D eigenvalue weighted by Crippen LogP contribution is 2.18. The highest BCUT2D eigenvalue weighted by Gasteiger charge is 2.07. The molecule has 1 aromatic carbocycles. The van der Waals surface area contributed by atoms with Gasteiger partial charge in [0.15, 0.2) is 0 Å². The molecule has 0 spiro atoms. The number of amides is 2. The molecule has 8 nitrogen and oxygen atoms in total. The van der Waals surface area contributed by atoms with E-state index in [9.17, 15) is 14.4 Å². The van der Waals surface area contributed by atoms with Gasteiger partial charge < -0.3 is 15.4 Å². The lowest BCUT2D eigenvalue weighted by molar-refractivity contribution is 0.252. The van der Waals surface area contributed by atoms with Crippen molar-refractivity contribution in [3.63, 3.8) is 0 Å². The maximum atomic E-state index is 11.9. The van der Waals surface area contributed by atoms with E-state index in [0.717, 1.165) is 11.0 Å². The molecule has 8 heteroatoms. The molecule has 0 atom stereocenters. The lowest BCUT2D eigenvalue weighted by atomic mass is 10.3. The smallest absolute Gasteiger partial charge is 0.330 e. The summed E-state index contributed by atoms with van der Waals surface area (Å²) >= 11 is 0. The molecule has 2 N–H and O–H groups in total. The van der Waals surface area contributed by atoms with Crippen molar-refractivity contribution >= 4 is 11.7 Å². The van der Waals surface area contributed by atoms with Crippen LogP contribution in [0.25, 0.3) is 0 Å². The number of carbonyl (C=O) groups excluding carboxylic acids is 1. The Kier molecular flexibility index (Phi) is 5.99. The lowest BCUT2D eigenvalue weighted by Crippen LogP contribution is -2.38. The molecule has 2 amide bonds. The monoisotopic (exact) mass is 346 g/mol. The van der Waals surface area contributed by atoms with Gasteiger partial charge in [-0.2, -0.15) is 0 Å². The molecule has 25 heavy (non-hydrogen) atoms. The van der Waals surface area contributed by atoms with Gasteiger partial charge in [-0.3, -0.25) is 13.9 Å². The van der Waals surface area contributed by atoms with Crippen molar-refractivity contribution in [1.29, 1.82) is 0 Å². The average molecular weight is 346 g/mol. The van der Waals surface area contributed by atoms with E-state index >= 15 is 0 Å². The fourth-order valence-corrected chi connectivity index (χ4v) is 2.15. The second kappa shape index (κ2) is 8.18. The molecule has 2 rings (SSSR count). The molecule has 0 aliphatic carbocycles. The van der Waals surface area contributed by atoms with E-state index in [2.05, 4.69) is 10.6 Å². The minimum atomic E-state index is -0.408. The molecule has 0 unspecified atom stereocenters. The number of ether oxygens (including phenoxy) is 1. The Morgan fingerprint density at radius 2 is 1.92 bits per heavy atom. The van der Waals surface area contributed by atoms with E-state index in [0.29, 0.717) is 23.7 Å². The number of rotatable bonds is 6. The molecule has 134 valence electrons. The maximum Gasteiger partial charge on any atom is 0.330 e. The van der Waals surface area contributed by atoms with Crippen LogP contribution in [0, 0.1) is 0 Å². The van der Waals surface area contributed by atoms with Gasteiger partial charge in [0.1, 0.15) is 12.4 Å². The average Bonchev–Trinajstić information content (AvgIpc) is 2.60. The van der Waals surface area contributed by atoms with Crippen molar-refractivity contribution in [3.05, 3.63) is 56.9 Å². The SMILES string of the molecule is CCCNC(=O)Nc1cccc(OCc2cc(=O)n(C)c(=O)n2C)c1. The topological polar surface area (TPSA) is 94.4 Å². The summed E-state index contributed by atoms with van der Waals surface area (Å²) < 4.78 is 8.04. The first-order valence-electron chi connectivity index (χ1n) is 7.96. The van der Waals surface area contributed by atoms with Crippen LogP contribution in [0.5, 0.6) is 5.75 Å². The first kappa shape index (κ1) is 18.3. The summed E-state index contributed by atoms with van der Waals surface area (Å²) in [5.74, 6) is 0.515. The molecule has 0 radical (unpaired) electrons. The number of aromatic nitrogens is 2. The van der Waals surface area contributed by atoms with Crippen molar-refractivity contribution in [2.75, 3.05) is 11.9 Å². The predicted octanol–water partition coefficient (Wildman–Crippen LogP) is 1.19. The number of urea groups is 1. The first-order chi connectivity index (χ1) is 11.9. The molecule has 0 aliphatic rings. The van der Waals surface area contributed by atoms with Gasteiger partial charge in [-0.1, -0.05) is 13.0 Å². The third-order valence-electron chi connectivity index (χ3n) is 3.64. The Balaban J connectivity index is 2.07. The maximum absolute atomic E-state index is 11.9. The highest BCUT2D eigenvalue weighted by atomic mass is 16.5. The molecule has 1 aromatic heterocycles. The van der Waals surface area contributed by atoms with Crippen LogP contribution in [0.4, 0.5) is 10.5 Å². The molecule has 2 aromatic rings. The Bertz CT molecular complexity index is 870. The van der Waals surface area contributed by atoms with Crippen molar-refractivity contribution in [3.8, 4) is 5.75 Å². The second-order valence-corrected chi connectivity index (χ2v) is 5.57. The number of nitrogens with zero attached hydrogens (tertiary/aromatic N) is 2. The van der Waals surface area contributed by atoms with Crippen LogP contribution in [0.3, 0.4) is 0 Å². The summed E-state index contributed by atoms with van der Waals surface area (Å²) in [6, 6.07) is 7.97. The van der Waals surface area contributed by atoms with Crippen LogP contribution in [0.1, 0.15) is 19.0 Å². The largest absolute Gasteiger partial charge is 0.487 e. The summed E-state index contributed by atoms with van der Waals surface area (Å²) in [7, 11) is 3.00. The minimum absolute atomic E-state index is 0.0628.